The predicted molar refractivity (Wildman–Crippen MR) is 124 cm³/mol. The van der Waals surface area contributed by atoms with Crippen LogP contribution in [-0.2, 0) is 27.8 Å². The zero-order chi connectivity index (χ0) is 23.5. The number of nitrogens with one attached hydrogen (secondary N) is 1. The van der Waals surface area contributed by atoms with Gasteiger partial charge in [-0.25, -0.2) is 17.7 Å². The Morgan fingerprint density at radius 2 is 1.94 bits per heavy atom. The number of amides is 1. The Labute approximate surface area is 189 Å². The summed E-state index contributed by atoms with van der Waals surface area (Å²) in [6.45, 7) is 4.59. The van der Waals surface area contributed by atoms with Crippen LogP contribution in [0, 0.1) is 0 Å². The average Bonchev–Trinajstić information content (AvgIpc) is 3.14. The number of rotatable bonds is 9. The van der Waals surface area contributed by atoms with Crippen molar-refractivity contribution in [3.63, 3.8) is 0 Å². The lowest BCUT2D eigenvalue weighted by atomic mass is 10.1. The first-order valence-electron chi connectivity index (χ1n) is 10.5. The number of para-hydroxylation sites is 1. The minimum Gasteiger partial charge on any atom is -0.496 e. The normalized spacial score (nSPS) is 12.8. The van der Waals surface area contributed by atoms with Crippen LogP contribution in [0.4, 0.5) is 0 Å². The maximum atomic E-state index is 12.6. The first-order valence-corrected chi connectivity index (χ1v) is 12.0. The van der Waals surface area contributed by atoms with Crippen molar-refractivity contribution in [1.82, 2.24) is 19.2 Å². The molecule has 9 heteroatoms. The van der Waals surface area contributed by atoms with E-state index in [-0.39, 0.29) is 23.3 Å². The summed E-state index contributed by atoms with van der Waals surface area (Å²) in [7, 11) is 1.07. The van der Waals surface area contributed by atoms with Gasteiger partial charge in [0.15, 0.2) is 0 Å². The Morgan fingerprint density at radius 1 is 1.22 bits per heavy atom. The van der Waals surface area contributed by atoms with Gasteiger partial charge in [0.2, 0.25) is 15.9 Å². The standard InChI is InChI=1S/C23H30N4O4S/c1-6-27-20-12-11-17(32(29,30)26(3)4)15-19(20)25-22(27)13-14-23(28)24-16(2)18-9-7-8-10-21(18)31-5/h7-12,15-16H,6,13-14H2,1-5H3,(H,24,28)/t16-/m1/s1. The number of ether oxygens (including phenoxy) is 1. The van der Waals surface area contributed by atoms with Crippen LogP contribution >= 0.6 is 0 Å². The smallest absolute Gasteiger partial charge is 0.242 e. The topological polar surface area (TPSA) is 93.5 Å². The van der Waals surface area contributed by atoms with Gasteiger partial charge in [-0.15, -0.1) is 0 Å². The Morgan fingerprint density at radius 3 is 2.59 bits per heavy atom. The van der Waals surface area contributed by atoms with E-state index < -0.39 is 10.0 Å². The van der Waals surface area contributed by atoms with Gasteiger partial charge in [0.1, 0.15) is 11.6 Å². The molecule has 172 valence electrons. The van der Waals surface area contributed by atoms with Gasteiger partial charge in [-0.1, -0.05) is 18.2 Å². The quantitative estimate of drug-likeness (QED) is 0.532. The third-order valence-electron chi connectivity index (χ3n) is 5.45. The van der Waals surface area contributed by atoms with Crippen molar-refractivity contribution in [2.45, 2.75) is 44.2 Å². The minimum atomic E-state index is -3.54. The fourth-order valence-electron chi connectivity index (χ4n) is 3.72. The number of methoxy groups -OCH3 is 1. The number of sulfonamides is 1. The van der Waals surface area contributed by atoms with Crippen LogP contribution in [-0.4, -0.2) is 49.4 Å². The molecule has 0 radical (unpaired) electrons. The van der Waals surface area contributed by atoms with Crippen LogP contribution in [0.1, 0.15) is 37.7 Å². The molecule has 0 saturated heterocycles. The van der Waals surface area contributed by atoms with Crippen LogP contribution in [0.25, 0.3) is 11.0 Å². The summed E-state index contributed by atoms with van der Waals surface area (Å²) in [5.41, 5.74) is 2.37. The van der Waals surface area contributed by atoms with Gasteiger partial charge in [0.05, 0.1) is 29.1 Å². The Hall–Kier alpha value is -2.91. The number of aryl methyl sites for hydroxylation is 2. The van der Waals surface area contributed by atoms with E-state index in [4.69, 9.17) is 4.74 Å². The molecular weight excluding hydrogens is 428 g/mol. The number of imidazole rings is 1. The molecule has 0 saturated carbocycles. The molecule has 1 atom stereocenters. The molecule has 1 N–H and O–H groups in total. The molecule has 0 aliphatic heterocycles. The highest BCUT2D eigenvalue weighted by atomic mass is 32.2. The summed E-state index contributed by atoms with van der Waals surface area (Å²) in [5, 5.41) is 3.01. The number of aromatic nitrogens is 2. The molecule has 32 heavy (non-hydrogen) atoms. The summed E-state index contributed by atoms with van der Waals surface area (Å²) in [4.78, 5) is 17.4. The third kappa shape index (κ3) is 4.78. The molecule has 0 spiro atoms. The first kappa shape index (κ1) is 23.7. The Kier molecular flexibility index (Phi) is 7.20. The summed E-state index contributed by atoms with van der Waals surface area (Å²) >= 11 is 0. The van der Waals surface area contributed by atoms with Crippen LogP contribution in [0.2, 0.25) is 0 Å². The minimum absolute atomic E-state index is 0.0889. The second kappa shape index (κ2) is 9.70. The highest BCUT2D eigenvalue weighted by Gasteiger charge is 2.20. The van der Waals surface area contributed by atoms with Gasteiger partial charge in [-0.05, 0) is 38.1 Å². The maximum Gasteiger partial charge on any atom is 0.242 e. The number of carbonyl (C=O) groups excluding carboxylic acids is 1. The van der Waals surface area contributed by atoms with Crippen molar-refractivity contribution < 1.29 is 17.9 Å². The molecule has 1 aromatic heterocycles. The van der Waals surface area contributed by atoms with E-state index in [2.05, 4.69) is 10.3 Å². The highest BCUT2D eigenvalue weighted by molar-refractivity contribution is 7.89. The third-order valence-corrected chi connectivity index (χ3v) is 7.26. The second-order valence-corrected chi connectivity index (χ2v) is 9.89. The van der Waals surface area contributed by atoms with E-state index in [0.717, 1.165) is 22.7 Å². The fraction of sp³-hybridized carbons (Fsp3) is 0.391. The van der Waals surface area contributed by atoms with Gasteiger partial charge < -0.3 is 14.6 Å². The lowest BCUT2D eigenvalue weighted by Gasteiger charge is -2.17. The van der Waals surface area contributed by atoms with Crippen LogP contribution in [0.3, 0.4) is 0 Å². The molecule has 1 heterocycles. The Bertz CT molecular complexity index is 1220. The maximum absolute atomic E-state index is 12.6. The number of fused-ring (bicyclic) bond motifs is 1. The molecule has 0 aliphatic rings. The number of benzene rings is 2. The molecule has 8 nitrogen and oxygen atoms in total. The van der Waals surface area contributed by atoms with Crippen molar-refractivity contribution in [3.8, 4) is 5.75 Å². The summed E-state index contributed by atoms with van der Waals surface area (Å²) in [6.07, 6.45) is 0.717. The average molecular weight is 459 g/mol. The van der Waals surface area contributed by atoms with E-state index in [1.807, 2.05) is 42.7 Å². The number of nitrogens with zero attached hydrogens (tertiary/aromatic N) is 3. The lowest BCUT2D eigenvalue weighted by Crippen LogP contribution is -2.27. The van der Waals surface area contributed by atoms with Gasteiger partial charge >= 0.3 is 0 Å². The number of hydrogen-bond donors (Lipinski definition) is 1. The largest absolute Gasteiger partial charge is 0.496 e. The highest BCUT2D eigenvalue weighted by Crippen LogP contribution is 2.25. The molecule has 0 bridgehead atoms. The van der Waals surface area contributed by atoms with E-state index in [0.29, 0.717) is 18.5 Å². The second-order valence-electron chi connectivity index (χ2n) is 7.74. The van der Waals surface area contributed by atoms with E-state index in [1.165, 1.54) is 18.4 Å². The molecule has 2 aromatic carbocycles. The molecule has 3 aromatic rings. The summed E-state index contributed by atoms with van der Waals surface area (Å²) < 4.78 is 33.5. The molecular formula is C23H30N4O4S. The predicted octanol–water partition coefficient (Wildman–Crippen LogP) is 3.13. The van der Waals surface area contributed by atoms with Crippen molar-refractivity contribution >= 4 is 27.0 Å². The number of hydrogen-bond acceptors (Lipinski definition) is 5. The first-order chi connectivity index (χ1) is 15.2. The monoisotopic (exact) mass is 458 g/mol. The van der Waals surface area contributed by atoms with E-state index >= 15 is 0 Å². The SMILES string of the molecule is CCn1c(CCC(=O)N[C@H](C)c2ccccc2OC)nc2cc(S(=O)(=O)N(C)C)ccc21. The van der Waals surface area contributed by atoms with Crippen LogP contribution in [0.5, 0.6) is 5.75 Å². The van der Waals surface area contributed by atoms with E-state index in [9.17, 15) is 13.2 Å². The van der Waals surface area contributed by atoms with Gasteiger partial charge in [0, 0.05) is 39.0 Å². The summed E-state index contributed by atoms with van der Waals surface area (Å²) in [6, 6.07) is 12.4. The Balaban J connectivity index is 1.76. The van der Waals surface area contributed by atoms with Gasteiger partial charge in [-0.3, -0.25) is 4.79 Å². The van der Waals surface area contributed by atoms with Crippen molar-refractivity contribution in [2.75, 3.05) is 21.2 Å². The molecule has 0 fully saturated rings. The van der Waals surface area contributed by atoms with Crippen LogP contribution in [0.15, 0.2) is 47.4 Å². The zero-order valence-electron chi connectivity index (χ0n) is 19.1. The molecule has 0 unspecified atom stereocenters. The molecule has 3 rings (SSSR count). The molecule has 1 amide bonds. The van der Waals surface area contributed by atoms with Crippen molar-refractivity contribution in [2.24, 2.45) is 0 Å². The van der Waals surface area contributed by atoms with Gasteiger partial charge in [0.25, 0.3) is 0 Å². The van der Waals surface area contributed by atoms with E-state index in [1.54, 1.807) is 25.3 Å². The van der Waals surface area contributed by atoms with Gasteiger partial charge in [-0.2, -0.15) is 0 Å². The lowest BCUT2D eigenvalue weighted by molar-refractivity contribution is -0.121. The number of carbonyl (C=O) groups is 1. The molecule has 0 aliphatic carbocycles. The van der Waals surface area contributed by atoms with Crippen molar-refractivity contribution in [1.29, 1.82) is 0 Å². The zero-order valence-corrected chi connectivity index (χ0v) is 19.9. The fourth-order valence-corrected chi connectivity index (χ4v) is 4.64. The summed E-state index contributed by atoms with van der Waals surface area (Å²) in [5.74, 6) is 1.40. The van der Waals surface area contributed by atoms with Crippen molar-refractivity contribution in [3.05, 3.63) is 53.9 Å². The van der Waals surface area contributed by atoms with Crippen LogP contribution < -0.4 is 10.1 Å².